The molecule has 0 spiro atoms. The average molecular weight is 241 g/mol. The van der Waals surface area contributed by atoms with E-state index < -0.39 is 0 Å². The van der Waals surface area contributed by atoms with Gasteiger partial charge in [-0.1, -0.05) is 0 Å². The summed E-state index contributed by atoms with van der Waals surface area (Å²) in [5, 5.41) is 7.36. The van der Waals surface area contributed by atoms with Crippen molar-refractivity contribution >= 4 is 5.71 Å². The fourth-order valence-electron chi connectivity index (χ4n) is 0.307. The van der Waals surface area contributed by atoms with Gasteiger partial charge in [-0.05, 0) is 0 Å². The number of halogens is 1. The van der Waals surface area contributed by atoms with Crippen molar-refractivity contribution in [1.29, 1.82) is 5.41 Å². The third-order valence-corrected chi connectivity index (χ3v) is 3.16. The van der Waals surface area contributed by atoms with Crippen LogP contribution in [-0.2, 0) is 0 Å². The predicted molar refractivity (Wildman–Crippen MR) is 36.5 cm³/mol. The van der Waals surface area contributed by atoms with E-state index in [2.05, 4.69) is 8.46 Å². The molecule has 0 aliphatic carbocycles. The van der Waals surface area contributed by atoms with Crippen molar-refractivity contribution < 1.29 is 21.5 Å². The Morgan fingerprint density at radius 1 is 1.56 bits per heavy atom. The number of rotatable bonds is 3. The summed E-state index contributed by atoms with van der Waals surface area (Å²) in [6, 6.07) is 0. The Bertz CT molecular complexity index is 110. The van der Waals surface area contributed by atoms with Crippen molar-refractivity contribution in [3.8, 4) is 0 Å². The van der Waals surface area contributed by atoms with Gasteiger partial charge in [0.1, 0.15) is 0 Å². The van der Waals surface area contributed by atoms with Crippen LogP contribution in [0.5, 0.6) is 0 Å². The Morgan fingerprint density at radius 2 is 2.00 bits per heavy atom. The van der Waals surface area contributed by atoms with Crippen molar-refractivity contribution in [3.05, 3.63) is 0 Å². The van der Waals surface area contributed by atoms with Crippen molar-refractivity contribution in [2.24, 2.45) is 0 Å². The van der Waals surface area contributed by atoms with Crippen molar-refractivity contribution in [3.63, 3.8) is 0 Å². The Balaban J connectivity index is 3.85. The number of nitrogens with one attached hydrogen (secondary N) is 2. The SMILES string of the molecule is C[I-]NC(C)(C)C(C)=N. The fraction of sp³-hybridized carbons (Fsp3) is 0.833. The van der Waals surface area contributed by atoms with E-state index >= 15 is 0 Å². The van der Waals surface area contributed by atoms with Gasteiger partial charge in [0.05, 0.1) is 0 Å². The molecule has 0 aliphatic rings. The number of hydrogen-bond donors (Lipinski definition) is 2. The molecule has 2 nitrogen and oxygen atoms in total. The minimum atomic E-state index is -0.0674. The summed E-state index contributed by atoms with van der Waals surface area (Å²) in [4.78, 5) is 2.16. The summed E-state index contributed by atoms with van der Waals surface area (Å²) in [6.07, 6.45) is 0. The van der Waals surface area contributed by atoms with E-state index in [9.17, 15) is 0 Å². The van der Waals surface area contributed by atoms with E-state index in [1.54, 1.807) is 0 Å². The van der Waals surface area contributed by atoms with E-state index in [1.807, 2.05) is 20.8 Å². The summed E-state index contributed by atoms with van der Waals surface area (Å²) in [6.45, 7) is 5.92. The van der Waals surface area contributed by atoms with Crippen LogP contribution in [0.25, 0.3) is 0 Å². The van der Waals surface area contributed by atoms with Gasteiger partial charge in [0, 0.05) is 0 Å². The van der Waals surface area contributed by atoms with E-state index in [4.69, 9.17) is 5.41 Å². The van der Waals surface area contributed by atoms with Crippen LogP contribution in [0.1, 0.15) is 20.8 Å². The normalized spacial score (nSPS) is 12.0. The molecule has 0 aliphatic heterocycles. The predicted octanol–water partition coefficient (Wildman–Crippen LogP) is -1.97. The molecule has 0 fully saturated rings. The van der Waals surface area contributed by atoms with Crippen LogP contribution in [0, 0.1) is 5.41 Å². The number of hydrogen-bond acceptors (Lipinski definition) is 2. The van der Waals surface area contributed by atoms with Crippen molar-refractivity contribution in [2.75, 3.05) is 4.93 Å². The zero-order chi connectivity index (χ0) is 7.49. The zero-order valence-corrected chi connectivity index (χ0v) is 8.54. The van der Waals surface area contributed by atoms with Gasteiger partial charge in [-0.25, -0.2) is 0 Å². The van der Waals surface area contributed by atoms with E-state index in [1.165, 1.54) is 0 Å². The molecule has 0 saturated carbocycles. The third kappa shape index (κ3) is 3.15. The second-order valence-electron chi connectivity index (χ2n) is 2.53. The van der Waals surface area contributed by atoms with Gasteiger partial charge in [-0.3, -0.25) is 0 Å². The van der Waals surface area contributed by atoms with Crippen LogP contribution in [0.4, 0.5) is 0 Å². The first-order valence-electron chi connectivity index (χ1n) is 2.82. The monoisotopic (exact) mass is 241 g/mol. The van der Waals surface area contributed by atoms with E-state index in [0.717, 1.165) is 0 Å². The van der Waals surface area contributed by atoms with Gasteiger partial charge in [0.25, 0.3) is 0 Å². The van der Waals surface area contributed by atoms with Crippen LogP contribution < -0.4 is 25.0 Å². The first kappa shape index (κ1) is 9.36. The Morgan fingerprint density at radius 3 is 2.11 bits per heavy atom. The average Bonchev–Trinajstić information content (AvgIpc) is 1.65. The molecule has 0 radical (unpaired) electrons. The van der Waals surface area contributed by atoms with Crippen LogP contribution in [0.2, 0.25) is 0 Å². The van der Waals surface area contributed by atoms with Gasteiger partial charge in [-0.2, -0.15) is 0 Å². The van der Waals surface area contributed by atoms with Crippen LogP contribution in [-0.4, -0.2) is 16.2 Å². The van der Waals surface area contributed by atoms with E-state index in [0.29, 0.717) is 5.71 Å². The molecule has 0 unspecified atom stereocenters. The topological polar surface area (TPSA) is 35.9 Å². The number of alkyl halides is 1. The Kier molecular flexibility index (Phi) is 3.65. The molecule has 0 rings (SSSR count). The molecular weight excluding hydrogens is 227 g/mol. The first-order chi connectivity index (χ1) is 4.00. The van der Waals surface area contributed by atoms with E-state index in [-0.39, 0.29) is 27.0 Å². The third-order valence-electron chi connectivity index (χ3n) is 1.27. The van der Waals surface area contributed by atoms with Crippen molar-refractivity contribution in [1.82, 2.24) is 3.53 Å². The molecule has 0 aromatic carbocycles. The van der Waals surface area contributed by atoms with Crippen molar-refractivity contribution in [2.45, 2.75) is 26.3 Å². The molecule has 3 heteroatoms. The summed E-state index contributed by atoms with van der Waals surface area (Å²) in [7, 11) is 0. The molecule has 0 heterocycles. The summed E-state index contributed by atoms with van der Waals surface area (Å²) < 4.78 is 3.31. The second-order valence-corrected chi connectivity index (χ2v) is 4.15. The molecule has 0 atom stereocenters. The van der Waals surface area contributed by atoms with Gasteiger partial charge >= 0.3 is 67.4 Å². The standard InChI is InChI=1S/C6H14IN2/c1-5(8)6(2,3)9-7-4/h8-9H,1-4H3/q-1. The van der Waals surface area contributed by atoms with Gasteiger partial charge < -0.3 is 0 Å². The maximum absolute atomic E-state index is 7.36. The first-order valence-corrected chi connectivity index (χ1v) is 6.05. The van der Waals surface area contributed by atoms with Gasteiger partial charge in [0.2, 0.25) is 0 Å². The minimum absolute atomic E-state index is 0.0674. The molecule has 9 heavy (non-hydrogen) atoms. The molecule has 56 valence electrons. The molecule has 0 aromatic heterocycles. The summed E-state index contributed by atoms with van der Waals surface area (Å²) >= 11 is 0.0933. The summed E-state index contributed by atoms with van der Waals surface area (Å²) in [5.41, 5.74) is 0.645. The Labute approximate surface area is 67.5 Å². The molecule has 0 saturated heterocycles. The van der Waals surface area contributed by atoms with Crippen LogP contribution in [0.15, 0.2) is 0 Å². The molecule has 0 bridgehead atoms. The van der Waals surface area contributed by atoms with Crippen LogP contribution in [0.3, 0.4) is 0 Å². The van der Waals surface area contributed by atoms with Gasteiger partial charge in [-0.15, -0.1) is 0 Å². The quantitative estimate of drug-likeness (QED) is 0.256. The fourth-order valence-corrected chi connectivity index (χ4v) is 2.06. The second kappa shape index (κ2) is 3.51. The molecule has 0 aromatic rings. The van der Waals surface area contributed by atoms with Crippen LogP contribution >= 0.6 is 0 Å². The molecular formula is C6H14IN2-. The molecule has 2 N–H and O–H groups in total. The van der Waals surface area contributed by atoms with Gasteiger partial charge in [0.15, 0.2) is 0 Å². The Hall–Kier alpha value is 0.360. The summed E-state index contributed by atoms with van der Waals surface area (Å²) in [5.74, 6) is 0. The molecule has 0 amide bonds. The zero-order valence-electron chi connectivity index (χ0n) is 6.38. The maximum atomic E-state index is 7.36.